The summed E-state index contributed by atoms with van der Waals surface area (Å²) in [5.74, 6) is -0.652. The molecule has 2 N–H and O–H groups in total. The quantitative estimate of drug-likeness (QED) is 0.339. The van der Waals surface area contributed by atoms with Gasteiger partial charge in [0.25, 0.3) is 0 Å². The van der Waals surface area contributed by atoms with Gasteiger partial charge in [0.05, 0.1) is 0 Å². The van der Waals surface area contributed by atoms with Crippen LogP contribution in [-0.2, 0) is 27.2 Å². The normalized spacial score (nSPS) is 12.5. The lowest BCUT2D eigenvalue weighted by Crippen LogP contribution is -2.09. The van der Waals surface area contributed by atoms with E-state index >= 15 is 0 Å². The number of unbranched alkanes of at least 4 members (excludes halogenated alkanes) is 2. The molecule has 0 aliphatic heterocycles. The SMILES string of the molecule is CCC/C(=C\CCCCc1cc(OS(=O)(=O)O)cc(OS(=O)(=O)O)c1)c1ccccc1. The predicted octanol–water partition coefficient (Wildman–Crippen LogP) is 4.65. The first kappa shape index (κ1) is 24.9. The van der Waals surface area contributed by atoms with Crippen molar-refractivity contribution in [2.75, 3.05) is 0 Å². The van der Waals surface area contributed by atoms with Crippen LogP contribution in [0.2, 0.25) is 0 Å². The van der Waals surface area contributed by atoms with E-state index in [-0.39, 0.29) is 11.5 Å². The molecule has 0 amide bonds. The van der Waals surface area contributed by atoms with E-state index in [2.05, 4.69) is 33.5 Å². The van der Waals surface area contributed by atoms with E-state index in [1.165, 1.54) is 23.3 Å². The fourth-order valence-corrected chi connectivity index (χ4v) is 3.83. The van der Waals surface area contributed by atoms with Gasteiger partial charge < -0.3 is 8.37 Å². The van der Waals surface area contributed by atoms with Gasteiger partial charge in [0, 0.05) is 6.07 Å². The lowest BCUT2D eigenvalue weighted by atomic mass is 9.99. The molecule has 0 bridgehead atoms. The van der Waals surface area contributed by atoms with Crippen LogP contribution in [0.4, 0.5) is 0 Å². The summed E-state index contributed by atoms with van der Waals surface area (Å²) in [4.78, 5) is 0. The van der Waals surface area contributed by atoms with Gasteiger partial charge in [-0.25, -0.2) is 0 Å². The molecule has 0 saturated carbocycles. The molecule has 0 aliphatic rings. The highest BCUT2D eigenvalue weighted by Crippen LogP contribution is 2.26. The molecule has 2 aromatic rings. The molecule has 10 heteroatoms. The molecular formula is C21H26O8S2. The lowest BCUT2D eigenvalue weighted by Gasteiger charge is -2.09. The maximum Gasteiger partial charge on any atom is 0.446 e. The largest absolute Gasteiger partial charge is 0.446 e. The van der Waals surface area contributed by atoms with E-state index in [4.69, 9.17) is 9.11 Å². The minimum atomic E-state index is -4.80. The van der Waals surface area contributed by atoms with Crippen LogP contribution in [0.3, 0.4) is 0 Å². The standard InChI is InChI=1S/C21H26O8S2/c1-2-9-18(19-12-7-4-8-13-19)11-6-3-5-10-17-14-20(28-30(22,23)24)16-21(15-17)29-31(25,26)27/h4,7-8,11-16H,2-3,5-6,9-10H2,1H3,(H,22,23,24)(H,25,26,27)/b18-11+. The molecule has 0 aromatic heterocycles. The number of hydrogen-bond acceptors (Lipinski definition) is 6. The van der Waals surface area contributed by atoms with Gasteiger partial charge in [-0.2, -0.15) is 16.8 Å². The Morgan fingerprint density at radius 3 is 2.00 bits per heavy atom. The molecule has 0 heterocycles. The summed E-state index contributed by atoms with van der Waals surface area (Å²) in [6, 6.07) is 13.8. The number of benzene rings is 2. The monoisotopic (exact) mass is 470 g/mol. The summed E-state index contributed by atoms with van der Waals surface area (Å²) < 4.78 is 70.3. The number of allylic oxidation sites excluding steroid dienone is 2. The van der Waals surface area contributed by atoms with Crippen LogP contribution < -0.4 is 8.37 Å². The van der Waals surface area contributed by atoms with Crippen molar-refractivity contribution in [1.82, 2.24) is 0 Å². The van der Waals surface area contributed by atoms with Crippen molar-refractivity contribution >= 4 is 26.4 Å². The molecule has 2 rings (SSSR count). The van der Waals surface area contributed by atoms with Crippen molar-refractivity contribution in [3.05, 3.63) is 65.7 Å². The molecule has 2 aromatic carbocycles. The van der Waals surface area contributed by atoms with Gasteiger partial charge in [-0.15, -0.1) is 0 Å². The first-order valence-electron chi connectivity index (χ1n) is 9.78. The highest BCUT2D eigenvalue weighted by atomic mass is 32.3. The zero-order valence-electron chi connectivity index (χ0n) is 17.1. The van der Waals surface area contributed by atoms with Gasteiger partial charge in [-0.05, 0) is 60.9 Å². The summed E-state index contributed by atoms with van der Waals surface area (Å²) in [6.45, 7) is 2.13. The summed E-state index contributed by atoms with van der Waals surface area (Å²) in [5, 5.41) is 0. The molecule has 0 saturated heterocycles. The summed E-state index contributed by atoms with van der Waals surface area (Å²) in [5.41, 5.74) is 3.02. The van der Waals surface area contributed by atoms with E-state index in [0.29, 0.717) is 12.0 Å². The third-order valence-electron chi connectivity index (χ3n) is 4.32. The van der Waals surface area contributed by atoms with Crippen LogP contribution in [-0.4, -0.2) is 25.9 Å². The van der Waals surface area contributed by atoms with E-state index in [0.717, 1.165) is 38.2 Å². The number of hydrogen-bond donors (Lipinski definition) is 2. The van der Waals surface area contributed by atoms with Crippen molar-refractivity contribution in [2.45, 2.75) is 45.4 Å². The van der Waals surface area contributed by atoms with Crippen molar-refractivity contribution in [3.63, 3.8) is 0 Å². The lowest BCUT2D eigenvalue weighted by molar-refractivity contribution is 0.381. The highest BCUT2D eigenvalue weighted by molar-refractivity contribution is 7.81. The summed E-state index contributed by atoms with van der Waals surface area (Å²) in [6.07, 6.45) is 7.13. The highest BCUT2D eigenvalue weighted by Gasteiger charge is 2.14. The molecule has 0 fully saturated rings. The minimum Gasteiger partial charge on any atom is -0.362 e. The van der Waals surface area contributed by atoms with Crippen molar-refractivity contribution in [3.8, 4) is 11.5 Å². The van der Waals surface area contributed by atoms with E-state index in [1.807, 2.05) is 18.2 Å². The molecule has 170 valence electrons. The van der Waals surface area contributed by atoms with Crippen molar-refractivity contribution in [1.29, 1.82) is 0 Å². The zero-order valence-corrected chi connectivity index (χ0v) is 18.7. The predicted molar refractivity (Wildman–Crippen MR) is 118 cm³/mol. The Hall–Kier alpha value is -2.40. The molecule has 0 atom stereocenters. The van der Waals surface area contributed by atoms with Gasteiger partial charge in [0.2, 0.25) is 0 Å². The summed E-state index contributed by atoms with van der Waals surface area (Å²) in [7, 11) is -9.60. The fourth-order valence-electron chi connectivity index (χ4n) is 3.15. The van der Waals surface area contributed by atoms with Gasteiger partial charge in [-0.1, -0.05) is 49.8 Å². The first-order valence-corrected chi connectivity index (χ1v) is 12.5. The van der Waals surface area contributed by atoms with Gasteiger partial charge in [0.15, 0.2) is 0 Å². The molecular weight excluding hydrogens is 444 g/mol. The molecule has 31 heavy (non-hydrogen) atoms. The number of rotatable bonds is 12. The average molecular weight is 471 g/mol. The third-order valence-corrected chi connectivity index (χ3v) is 5.12. The third kappa shape index (κ3) is 9.97. The first-order chi connectivity index (χ1) is 14.6. The zero-order chi connectivity index (χ0) is 22.9. The van der Waals surface area contributed by atoms with Crippen LogP contribution in [0.15, 0.2) is 54.6 Å². The van der Waals surface area contributed by atoms with Gasteiger partial charge in [0.1, 0.15) is 11.5 Å². The maximum absolute atomic E-state index is 11.0. The van der Waals surface area contributed by atoms with Crippen LogP contribution >= 0.6 is 0 Å². The van der Waals surface area contributed by atoms with E-state index in [1.54, 1.807) is 0 Å². The maximum atomic E-state index is 11.0. The molecule has 0 unspecified atom stereocenters. The Bertz CT molecular complexity index is 1040. The fraction of sp³-hybridized carbons (Fsp3) is 0.333. The van der Waals surface area contributed by atoms with E-state index in [9.17, 15) is 16.8 Å². The second-order valence-electron chi connectivity index (χ2n) is 6.93. The Labute approximate surface area is 183 Å². The van der Waals surface area contributed by atoms with Crippen LogP contribution in [0.5, 0.6) is 11.5 Å². The molecule has 0 aliphatic carbocycles. The Morgan fingerprint density at radius 1 is 0.903 bits per heavy atom. The summed E-state index contributed by atoms with van der Waals surface area (Å²) >= 11 is 0. The van der Waals surface area contributed by atoms with Gasteiger partial charge >= 0.3 is 20.8 Å². The van der Waals surface area contributed by atoms with Crippen molar-refractivity contribution in [2.24, 2.45) is 0 Å². The average Bonchev–Trinajstić information content (AvgIpc) is 2.64. The molecule has 0 radical (unpaired) electrons. The second kappa shape index (κ2) is 11.3. The number of aryl methyl sites for hydroxylation is 1. The van der Waals surface area contributed by atoms with Crippen LogP contribution in [0.1, 0.15) is 50.2 Å². The van der Waals surface area contributed by atoms with Crippen molar-refractivity contribution < 1.29 is 34.3 Å². The van der Waals surface area contributed by atoms with Gasteiger partial charge in [-0.3, -0.25) is 9.11 Å². The minimum absolute atomic E-state index is 0.326. The van der Waals surface area contributed by atoms with Crippen LogP contribution in [0.25, 0.3) is 5.57 Å². The topological polar surface area (TPSA) is 127 Å². The Balaban J connectivity index is 2.04. The second-order valence-corrected chi connectivity index (χ2v) is 8.97. The van der Waals surface area contributed by atoms with Crippen LogP contribution in [0, 0.1) is 0 Å². The van der Waals surface area contributed by atoms with E-state index < -0.39 is 20.8 Å². The Morgan fingerprint density at radius 2 is 1.48 bits per heavy atom. The molecule has 8 nitrogen and oxygen atoms in total. The molecule has 0 spiro atoms. The smallest absolute Gasteiger partial charge is 0.362 e. The Kier molecular flexibility index (Phi) is 9.05.